The fourth-order valence-corrected chi connectivity index (χ4v) is 1.93. The third-order valence-electron chi connectivity index (χ3n) is 2.20. The normalized spacial score (nSPS) is 10.0. The number of nitrogens with one attached hydrogen (secondary N) is 3. The predicted octanol–water partition coefficient (Wildman–Crippen LogP) is 3.43. The zero-order chi connectivity index (χ0) is 13.8. The van der Waals surface area contributed by atoms with E-state index in [1.54, 1.807) is 24.3 Å². The molecule has 0 radical (unpaired) electrons. The van der Waals surface area contributed by atoms with Crippen LogP contribution >= 0.6 is 27.5 Å². The van der Waals surface area contributed by atoms with Crippen molar-refractivity contribution in [2.24, 2.45) is 0 Å². The molecule has 7 heteroatoms. The zero-order valence-electron chi connectivity index (χ0n) is 9.54. The van der Waals surface area contributed by atoms with Crippen molar-refractivity contribution in [2.75, 3.05) is 10.6 Å². The molecule has 0 aliphatic carbocycles. The molecular formula is C12H9BrClN3O2. The van der Waals surface area contributed by atoms with Gasteiger partial charge in [-0.3, -0.25) is 4.79 Å². The summed E-state index contributed by atoms with van der Waals surface area (Å²) in [5.74, 6) is 0. The molecule has 0 unspecified atom stereocenters. The van der Waals surface area contributed by atoms with Gasteiger partial charge in [0, 0.05) is 21.4 Å². The van der Waals surface area contributed by atoms with Crippen LogP contribution in [-0.2, 0) is 0 Å². The highest BCUT2D eigenvalue weighted by Crippen LogP contribution is 2.15. The van der Waals surface area contributed by atoms with Gasteiger partial charge in [0.25, 0.3) is 5.56 Å². The van der Waals surface area contributed by atoms with Crippen LogP contribution in [0.2, 0.25) is 5.02 Å². The Labute approximate surface area is 122 Å². The maximum absolute atomic E-state index is 11.7. The Morgan fingerprint density at radius 2 is 2.05 bits per heavy atom. The van der Waals surface area contributed by atoms with E-state index in [2.05, 4.69) is 31.5 Å². The predicted molar refractivity (Wildman–Crippen MR) is 78.9 cm³/mol. The van der Waals surface area contributed by atoms with Crippen LogP contribution in [0.15, 0.2) is 45.8 Å². The quantitative estimate of drug-likeness (QED) is 0.782. The lowest BCUT2D eigenvalue weighted by Crippen LogP contribution is -2.24. The van der Waals surface area contributed by atoms with Crippen LogP contribution in [0, 0.1) is 0 Å². The first-order valence-electron chi connectivity index (χ1n) is 5.26. The minimum Gasteiger partial charge on any atom is -0.326 e. The van der Waals surface area contributed by atoms with Crippen molar-refractivity contribution in [3.8, 4) is 0 Å². The van der Waals surface area contributed by atoms with E-state index in [9.17, 15) is 9.59 Å². The third kappa shape index (κ3) is 3.84. The Balaban J connectivity index is 2.09. The van der Waals surface area contributed by atoms with Crippen molar-refractivity contribution in [3.63, 3.8) is 0 Å². The molecule has 19 heavy (non-hydrogen) atoms. The average Bonchev–Trinajstić information content (AvgIpc) is 2.34. The van der Waals surface area contributed by atoms with Gasteiger partial charge in [0.2, 0.25) is 0 Å². The summed E-state index contributed by atoms with van der Waals surface area (Å²) >= 11 is 9.00. The van der Waals surface area contributed by atoms with E-state index in [0.717, 1.165) is 0 Å². The van der Waals surface area contributed by atoms with Gasteiger partial charge in [-0.2, -0.15) is 0 Å². The first-order chi connectivity index (χ1) is 9.04. The number of carbonyl (C=O) groups is 1. The summed E-state index contributed by atoms with van der Waals surface area (Å²) in [6.45, 7) is 0. The Morgan fingerprint density at radius 1 is 1.26 bits per heavy atom. The number of H-pyrrole nitrogens is 1. The highest BCUT2D eigenvalue weighted by Gasteiger charge is 2.06. The molecule has 0 aliphatic rings. The van der Waals surface area contributed by atoms with E-state index in [0.29, 0.717) is 15.2 Å². The van der Waals surface area contributed by atoms with E-state index >= 15 is 0 Å². The number of hydrogen-bond donors (Lipinski definition) is 3. The number of pyridine rings is 1. The number of aromatic amines is 1. The summed E-state index contributed by atoms with van der Waals surface area (Å²) in [6, 6.07) is 7.69. The van der Waals surface area contributed by atoms with Gasteiger partial charge < -0.3 is 15.6 Å². The fourth-order valence-electron chi connectivity index (χ4n) is 1.40. The minimum atomic E-state index is -0.522. The van der Waals surface area contributed by atoms with Gasteiger partial charge in [-0.1, -0.05) is 17.7 Å². The highest BCUT2D eigenvalue weighted by atomic mass is 79.9. The second-order valence-corrected chi connectivity index (χ2v) is 5.00. The summed E-state index contributed by atoms with van der Waals surface area (Å²) in [5.41, 5.74) is 0.301. The maximum atomic E-state index is 11.7. The number of rotatable bonds is 2. The summed E-state index contributed by atoms with van der Waals surface area (Å²) in [7, 11) is 0. The van der Waals surface area contributed by atoms with Gasteiger partial charge in [-0.15, -0.1) is 0 Å². The van der Waals surface area contributed by atoms with Gasteiger partial charge in [-0.05, 0) is 40.2 Å². The fraction of sp³-hybridized carbons (Fsp3) is 0. The van der Waals surface area contributed by atoms with Crippen molar-refractivity contribution in [1.82, 2.24) is 4.98 Å². The average molecular weight is 343 g/mol. The van der Waals surface area contributed by atoms with E-state index < -0.39 is 6.03 Å². The SMILES string of the molecule is O=C(Nc1cccc(Cl)c1)Nc1cc(Br)c[nH]c1=O. The summed E-state index contributed by atoms with van der Waals surface area (Å²) in [6.07, 6.45) is 1.49. The molecule has 5 nitrogen and oxygen atoms in total. The zero-order valence-corrected chi connectivity index (χ0v) is 11.9. The molecule has 0 spiro atoms. The number of aromatic nitrogens is 1. The lowest BCUT2D eigenvalue weighted by Gasteiger charge is -2.07. The first kappa shape index (κ1) is 13.6. The van der Waals surface area contributed by atoms with Crippen LogP contribution in [-0.4, -0.2) is 11.0 Å². The summed E-state index contributed by atoms with van der Waals surface area (Å²) < 4.78 is 0.658. The highest BCUT2D eigenvalue weighted by molar-refractivity contribution is 9.10. The van der Waals surface area contributed by atoms with Crippen molar-refractivity contribution in [1.29, 1.82) is 0 Å². The molecule has 0 bridgehead atoms. The van der Waals surface area contributed by atoms with Crippen molar-refractivity contribution in [2.45, 2.75) is 0 Å². The molecule has 2 rings (SSSR count). The van der Waals surface area contributed by atoms with E-state index in [-0.39, 0.29) is 11.2 Å². The minimum absolute atomic E-state index is 0.147. The largest absolute Gasteiger partial charge is 0.326 e. The van der Waals surface area contributed by atoms with Gasteiger partial charge in [0.15, 0.2) is 0 Å². The second kappa shape index (κ2) is 5.90. The molecule has 0 aliphatic heterocycles. The number of carbonyl (C=O) groups excluding carboxylic acids is 1. The van der Waals surface area contributed by atoms with Crippen LogP contribution in [0.25, 0.3) is 0 Å². The van der Waals surface area contributed by atoms with Gasteiger partial charge >= 0.3 is 6.03 Å². The van der Waals surface area contributed by atoms with Gasteiger partial charge in [0.1, 0.15) is 5.69 Å². The molecule has 3 N–H and O–H groups in total. The number of amides is 2. The summed E-state index contributed by atoms with van der Waals surface area (Å²) in [4.78, 5) is 25.7. The van der Waals surface area contributed by atoms with Crippen LogP contribution < -0.4 is 16.2 Å². The van der Waals surface area contributed by atoms with Crippen molar-refractivity contribution < 1.29 is 4.79 Å². The standard InChI is InChI=1S/C12H9BrClN3O2/c13-7-4-10(11(18)15-6-7)17-12(19)16-9-3-1-2-8(14)5-9/h1-6H,(H,15,18)(H2,16,17,19). The Morgan fingerprint density at radius 3 is 2.79 bits per heavy atom. The molecule has 98 valence electrons. The lowest BCUT2D eigenvalue weighted by atomic mass is 10.3. The van der Waals surface area contributed by atoms with Crippen molar-refractivity contribution in [3.05, 3.63) is 56.4 Å². The molecule has 0 atom stereocenters. The van der Waals surface area contributed by atoms with E-state index in [1.807, 2.05) is 0 Å². The topological polar surface area (TPSA) is 74.0 Å². The van der Waals surface area contributed by atoms with Crippen LogP contribution in [0.1, 0.15) is 0 Å². The molecule has 1 heterocycles. The maximum Gasteiger partial charge on any atom is 0.323 e. The van der Waals surface area contributed by atoms with Gasteiger partial charge in [0.05, 0.1) is 0 Å². The van der Waals surface area contributed by atoms with Gasteiger partial charge in [-0.25, -0.2) is 4.79 Å². The van der Waals surface area contributed by atoms with E-state index in [1.165, 1.54) is 12.3 Å². The molecule has 0 saturated carbocycles. The number of urea groups is 1. The van der Waals surface area contributed by atoms with E-state index in [4.69, 9.17) is 11.6 Å². The second-order valence-electron chi connectivity index (χ2n) is 3.65. The molecule has 1 aromatic heterocycles. The third-order valence-corrected chi connectivity index (χ3v) is 2.89. The lowest BCUT2D eigenvalue weighted by molar-refractivity contribution is 0.262. The molecule has 0 fully saturated rings. The molecule has 1 aromatic carbocycles. The number of hydrogen-bond acceptors (Lipinski definition) is 2. The Hall–Kier alpha value is -1.79. The Bertz CT molecular complexity index is 672. The first-order valence-corrected chi connectivity index (χ1v) is 6.43. The smallest absolute Gasteiger partial charge is 0.323 e. The number of anilines is 2. The Kier molecular flexibility index (Phi) is 4.24. The van der Waals surface area contributed by atoms with Crippen LogP contribution in [0.3, 0.4) is 0 Å². The molecule has 0 saturated heterocycles. The van der Waals surface area contributed by atoms with Crippen LogP contribution in [0.4, 0.5) is 16.2 Å². The monoisotopic (exact) mass is 341 g/mol. The van der Waals surface area contributed by atoms with Crippen LogP contribution in [0.5, 0.6) is 0 Å². The number of benzene rings is 1. The molecule has 2 aromatic rings. The summed E-state index contributed by atoms with van der Waals surface area (Å²) in [5, 5.41) is 5.54. The van der Waals surface area contributed by atoms with Crippen molar-refractivity contribution >= 4 is 44.9 Å². The molecule has 2 amide bonds. The number of halogens is 2. The molecular weight excluding hydrogens is 334 g/mol.